The molecule has 0 fully saturated rings. The Balaban J connectivity index is 1.85. The number of aryl methyl sites for hydroxylation is 1. The Morgan fingerprint density at radius 1 is 1.40 bits per heavy atom. The highest BCUT2D eigenvalue weighted by molar-refractivity contribution is 5.98. The number of nitrogens with zero attached hydrogens (tertiary/aromatic N) is 3. The minimum Gasteiger partial charge on any atom is -0.501 e. The maximum Gasteiger partial charge on any atom is 0.298 e. The number of halogens is 1. The van der Waals surface area contributed by atoms with Gasteiger partial charge in [-0.3, -0.25) is 23.9 Å². The molecule has 2 heterocycles. The summed E-state index contributed by atoms with van der Waals surface area (Å²) in [4.78, 5) is 41.1. The van der Waals surface area contributed by atoms with Gasteiger partial charge < -0.3 is 10.4 Å². The standard InChI is InChI=1S/C16H15FN4O4/c1-8-5-9(3-4-10(8)17)6-18-14(24)12-13(23)15(25)21-7-11(22)20(2)16(21)19-12/h3-5,23H,6-7H2,1-2H3,(H,18,24). The van der Waals surface area contributed by atoms with Crippen LogP contribution in [0.25, 0.3) is 0 Å². The zero-order valence-electron chi connectivity index (χ0n) is 13.5. The molecule has 25 heavy (non-hydrogen) atoms. The number of amides is 2. The number of hydrogen-bond acceptors (Lipinski definition) is 5. The maximum atomic E-state index is 13.3. The molecule has 1 aliphatic rings. The highest BCUT2D eigenvalue weighted by Gasteiger charge is 2.31. The van der Waals surface area contributed by atoms with Crippen molar-refractivity contribution in [3.05, 3.63) is 51.2 Å². The molecule has 2 N–H and O–H groups in total. The molecule has 1 aromatic heterocycles. The molecular formula is C16H15FN4O4. The summed E-state index contributed by atoms with van der Waals surface area (Å²) < 4.78 is 14.3. The Hall–Kier alpha value is -3.23. The molecule has 9 heteroatoms. The van der Waals surface area contributed by atoms with Crippen molar-refractivity contribution in [2.45, 2.75) is 20.0 Å². The Bertz CT molecular complexity index is 954. The van der Waals surface area contributed by atoms with Crippen molar-refractivity contribution in [3.8, 4) is 5.75 Å². The molecule has 8 nitrogen and oxygen atoms in total. The van der Waals surface area contributed by atoms with Crippen LogP contribution in [-0.2, 0) is 17.9 Å². The lowest BCUT2D eigenvalue weighted by molar-refractivity contribution is -0.117. The van der Waals surface area contributed by atoms with Gasteiger partial charge in [0.25, 0.3) is 11.5 Å². The largest absolute Gasteiger partial charge is 0.501 e. The highest BCUT2D eigenvalue weighted by Crippen LogP contribution is 2.20. The molecule has 0 radical (unpaired) electrons. The van der Waals surface area contributed by atoms with Gasteiger partial charge in [0.15, 0.2) is 5.69 Å². The molecule has 1 aromatic carbocycles. The van der Waals surface area contributed by atoms with Crippen LogP contribution in [0.5, 0.6) is 5.75 Å². The van der Waals surface area contributed by atoms with Gasteiger partial charge >= 0.3 is 0 Å². The first kappa shape index (κ1) is 16.6. The first-order chi connectivity index (χ1) is 11.8. The Morgan fingerprint density at radius 3 is 2.80 bits per heavy atom. The third-order valence-corrected chi connectivity index (χ3v) is 3.98. The van der Waals surface area contributed by atoms with E-state index in [0.717, 1.165) is 9.47 Å². The Labute approximate surface area is 141 Å². The second kappa shape index (κ2) is 6.00. The first-order valence-corrected chi connectivity index (χ1v) is 7.43. The van der Waals surface area contributed by atoms with Crippen LogP contribution in [-0.4, -0.2) is 33.5 Å². The zero-order valence-corrected chi connectivity index (χ0v) is 13.5. The summed E-state index contributed by atoms with van der Waals surface area (Å²) in [6, 6.07) is 4.38. The van der Waals surface area contributed by atoms with Crippen molar-refractivity contribution in [1.29, 1.82) is 0 Å². The summed E-state index contributed by atoms with van der Waals surface area (Å²) in [6.45, 7) is 1.43. The Morgan fingerprint density at radius 2 is 2.12 bits per heavy atom. The number of hydrogen-bond donors (Lipinski definition) is 2. The van der Waals surface area contributed by atoms with Crippen LogP contribution in [0.4, 0.5) is 10.3 Å². The molecule has 0 bridgehead atoms. The smallest absolute Gasteiger partial charge is 0.298 e. The lowest BCUT2D eigenvalue weighted by Gasteiger charge is -2.11. The fourth-order valence-corrected chi connectivity index (χ4v) is 2.53. The molecule has 0 saturated heterocycles. The number of fused-ring (bicyclic) bond motifs is 1. The molecule has 2 amide bonds. The van der Waals surface area contributed by atoms with E-state index in [4.69, 9.17) is 0 Å². The molecule has 3 rings (SSSR count). The van der Waals surface area contributed by atoms with Crippen LogP contribution in [0.2, 0.25) is 0 Å². The number of carbonyl (C=O) groups is 2. The second-order valence-corrected chi connectivity index (χ2v) is 5.72. The summed E-state index contributed by atoms with van der Waals surface area (Å²) >= 11 is 0. The van der Waals surface area contributed by atoms with Crippen LogP contribution >= 0.6 is 0 Å². The molecule has 0 unspecified atom stereocenters. The third-order valence-electron chi connectivity index (χ3n) is 3.98. The Kier molecular flexibility index (Phi) is 3.99. The van der Waals surface area contributed by atoms with E-state index in [1.807, 2.05) is 0 Å². The SMILES string of the molecule is Cc1cc(CNC(=O)c2nc3n(c(=O)c2O)CC(=O)N3C)ccc1F. The number of nitrogens with one attached hydrogen (secondary N) is 1. The van der Waals surface area contributed by atoms with E-state index in [1.54, 1.807) is 13.0 Å². The van der Waals surface area contributed by atoms with E-state index in [-0.39, 0.29) is 30.8 Å². The van der Waals surface area contributed by atoms with Crippen molar-refractivity contribution >= 4 is 17.8 Å². The predicted molar refractivity (Wildman–Crippen MR) is 85.9 cm³/mol. The average molecular weight is 346 g/mol. The number of carbonyl (C=O) groups excluding carboxylic acids is 2. The van der Waals surface area contributed by atoms with E-state index in [0.29, 0.717) is 11.1 Å². The molecule has 0 saturated carbocycles. The number of anilines is 1. The van der Waals surface area contributed by atoms with E-state index < -0.39 is 22.9 Å². The number of aromatic nitrogens is 2. The molecule has 0 atom stereocenters. The molecule has 0 spiro atoms. The van der Waals surface area contributed by atoms with Gasteiger partial charge in [0.05, 0.1) is 0 Å². The van der Waals surface area contributed by atoms with Gasteiger partial charge in [-0.1, -0.05) is 12.1 Å². The lowest BCUT2D eigenvalue weighted by Crippen LogP contribution is -2.29. The molecule has 2 aromatic rings. The first-order valence-electron chi connectivity index (χ1n) is 7.43. The quantitative estimate of drug-likeness (QED) is 0.832. The molecular weight excluding hydrogens is 331 g/mol. The zero-order chi connectivity index (χ0) is 18.3. The molecule has 1 aliphatic heterocycles. The maximum absolute atomic E-state index is 13.3. The summed E-state index contributed by atoms with van der Waals surface area (Å²) in [5.74, 6) is -2.32. The van der Waals surface area contributed by atoms with Crippen LogP contribution < -0.4 is 15.8 Å². The number of likely N-dealkylation sites (N-methyl/N-ethyl adjacent to an activating group) is 1. The van der Waals surface area contributed by atoms with Crippen molar-refractivity contribution in [2.75, 3.05) is 11.9 Å². The van der Waals surface area contributed by atoms with Crippen molar-refractivity contribution in [2.24, 2.45) is 0 Å². The summed E-state index contributed by atoms with van der Waals surface area (Å²) in [5.41, 5.74) is -0.234. The van der Waals surface area contributed by atoms with Crippen molar-refractivity contribution < 1.29 is 19.1 Å². The van der Waals surface area contributed by atoms with E-state index in [9.17, 15) is 23.9 Å². The predicted octanol–water partition coefficient (Wildman–Crippen LogP) is 0.303. The van der Waals surface area contributed by atoms with Gasteiger partial charge in [-0.25, -0.2) is 9.37 Å². The van der Waals surface area contributed by atoms with Gasteiger partial charge in [-0.2, -0.15) is 0 Å². The second-order valence-electron chi connectivity index (χ2n) is 5.72. The monoisotopic (exact) mass is 346 g/mol. The van der Waals surface area contributed by atoms with E-state index in [1.165, 1.54) is 19.2 Å². The lowest BCUT2D eigenvalue weighted by atomic mass is 10.1. The fourth-order valence-electron chi connectivity index (χ4n) is 2.53. The number of benzene rings is 1. The number of rotatable bonds is 3. The van der Waals surface area contributed by atoms with Gasteiger partial charge in [0.2, 0.25) is 17.6 Å². The van der Waals surface area contributed by atoms with Gasteiger partial charge in [0.1, 0.15) is 12.4 Å². The summed E-state index contributed by atoms with van der Waals surface area (Å²) in [7, 11) is 1.42. The summed E-state index contributed by atoms with van der Waals surface area (Å²) in [5, 5.41) is 12.5. The van der Waals surface area contributed by atoms with Crippen LogP contribution in [0.1, 0.15) is 21.6 Å². The molecule has 130 valence electrons. The van der Waals surface area contributed by atoms with Gasteiger partial charge in [0, 0.05) is 13.6 Å². The van der Waals surface area contributed by atoms with E-state index >= 15 is 0 Å². The number of aromatic hydroxyl groups is 1. The van der Waals surface area contributed by atoms with Crippen LogP contribution in [0, 0.1) is 12.7 Å². The average Bonchev–Trinajstić information content (AvgIpc) is 2.87. The minimum absolute atomic E-state index is 0.00410. The highest BCUT2D eigenvalue weighted by atomic mass is 19.1. The van der Waals surface area contributed by atoms with Gasteiger partial charge in [-0.15, -0.1) is 0 Å². The normalized spacial score (nSPS) is 13.1. The van der Waals surface area contributed by atoms with Crippen LogP contribution in [0.15, 0.2) is 23.0 Å². The topological polar surface area (TPSA) is 105 Å². The van der Waals surface area contributed by atoms with Crippen molar-refractivity contribution in [3.63, 3.8) is 0 Å². The fraction of sp³-hybridized carbons (Fsp3) is 0.250. The minimum atomic E-state index is -0.856. The van der Waals surface area contributed by atoms with Gasteiger partial charge in [-0.05, 0) is 24.1 Å². The third kappa shape index (κ3) is 2.84. The molecule has 0 aliphatic carbocycles. The van der Waals surface area contributed by atoms with E-state index in [2.05, 4.69) is 10.3 Å². The van der Waals surface area contributed by atoms with Crippen molar-refractivity contribution in [1.82, 2.24) is 14.9 Å². The van der Waals surface area contributed by atoms with Crippen LogP contribution in [0.3, 0.4) is 0 Å². The summed E-state index contributed by atoms with van der Waals surface area (Å²) in [6.07, 6.45) is 0.